The van der Waals surface area contributed by atoms with E-state index in [0.29, 0.717) is 11.6 Å². The van der Waals surface area contributed by atoms with Gasteiger partial charge in [-0.1, -0.05) is 36.9 Å². The number of ether oxygens (including phenoxy) is 1. The Morgan fingerprint density at radius 3 is 2.67 bits per heavy atom. The molecule has 3 aromatic carbocycles. The van der Waals surface area contributed by atoms with E-state index in [0.717, 1.165) is 78.3 Å². The number of aliphatic hydroxyl groups is 1. The van der Waals surface area contributed by atoms with Crippen molar-refractivity contribution in [2.45, 2.75) is 6.61 Å². The van der Waals surface area contributed by atoms with Gasteiger partial charge in [0.15, 0.2) is 0 Å². The summed E-state index contributed by atoms with van der Waals surface area (Å²) in [4.78, 5) is 25.9. The van der Waals surface area contributed by atoms with Crippen LogP contribution in [0, 0.1) is 0 Å². The molecule has 0 atom stereocenters. The molecule has 0 aliphatic carbocycles. The minimum absolute atomic E-state index is 0.0593. The highest BCUT2D eigenvalue weighted by atomic mass is 16.5. The van der Waals surface area contributed by atoms with Gasteiger partial charge in [0.1, 0.15) is 0 Å². The van der Waals surface area contributed by atoms with Crippen molar-refractivity contribution in [1.29, 1.82) is 0 Å². The van der Waals surface area contributed by atoms with Crippen molar-refractivity contribution < 1.29 is 14.6 Å². The Balaban J connectivity index is 1.36. The van der Waals surface area contributed by atoms with Crippen molar-refractivity contribution in [2.75, 3.05) is 62.0 Å². The fourth-order valence-corrected chi connectivity index (χ4v) is 4.97. The molecule has 206 valence electrons. The SMILES string of the molecule is C=CC(=O)Nc1cccc(-c2cccc3cnc(Nc4ccc(N5CCN(CCOC)CC5)c(CO)c4)nc23)c1. The largest absolute Gasteiger partial charge is 0.392 e. The highest BCUT2D eigenvalue weighted by molar-refractivity contribution is 6.00. The van der Waals surface area contributed by atoms with Crippen LogP contribution in [-0.4, -0.2) is 72.3 Å². The van der Waals surface area contributed by atoms with Crippen molar-refractivity contribution >= 4 is 39.8 Å². The zero-order chi connectivity index (χ0) is 27.9. The van der Waals surface area contributed by atoms with Gasteiger partial charge in [0.25, 0.3) is 0 Å². The van der Waals surface area contributed by atoms with E-state index in [4.69, 9.17) is 9.72 Å². The van der Waals surface area contributed by atoms with Gasteiger partial charge in [-0.2, -0.15) is 0 Å². The molecule has 2 heterocycles. The Kier molecular flexibility index (Phi) is 8.65. The number of nitrogens with one attached hydrogen (secondary N) is 2. The van der Waals surface area contributed by atoms with Crippen LogP contribution in [0.1, 0.15) is 5.56 Å². The fraction of sp³-hybridized carbons (Fsp3) is 0.258. The normalized spacial score (nSPS) is 13.8. The number of hydrogen-bond acceptors (Lipinski definition) is 8. The summed E-state index contributed by atoms with van der Waals surface area (Å²) in [5.41, 5.74) is 6.02. The van der Waals surface area contributed by atoms with Gasteiger partial charge in [-0.05, 0) is 42.0 Å². The summed E-state index contributed by atoms with van der Waals surface area (Å²) in [5.74, 6) is 0.195. The number of amides is 1. The second-order valence-electron chi connectivity index (χ2n) is 9.66. The summed E-state index contributed by atoms with van der Waals surface area (Å²) in [7, 11) is 1.73. The van der Waals surface area contributed by atoms with Gasteiger partial charge in [0, 0.05) is 79.6 Å². The van der Waals surface area contributed by atoms with Gasteiger partial charge in [0.2, 0.25) is 11.9 Å². The minimum Gasteiger partial charge on any atom is -0.392 e. The van der Waals surface area contributed by atoms with Crippen molar-refractivity contribution in [3.63, 3.8) is 0 Å². The standard InChI is InChI=1S/C31H34N6O3/c1-3-29(39)33-25-8-4-6-22(18-25)27-9-5-7-23-20-32-31(35-30(23)27)34-26-10-11-28(24(19-26)21-38)37-14-12-36(13-15-37)16-17-40-2/h3-11,18-20,38H,1,12-17,21H2,2H3,(H,33,39)(H,32,34,35). The zero-order valence-electron chi connectivity index (χ0n) is 22.6. The number of para-hydroxylation sites is 1. The summed E-state index contributed by atoms with van der Waals surface area (Å²) in [6.07, 6.45) is 3.04. The third-order valence-corrected chi connectivity index (χ3v) is 7.07. The second-order valence-corrected chi connectivity index (χ2v) is 9.66. The number of hydrogen-bond donors (Lipinski definition) is 3. The van der Waals surface area contributed by atoms with Gasteiger partial charge >= 0.3 is 0 Å². The van der Waals surface area contributed by atoms with Gasteiger partial charge in [-0.15, -0.1) is 0 Å². The summed E-state index contributed by atoms with van der Waals surface area (Å²) in [6, 6.07) is 19.6. The van der Waals surface area contributed by atoms with Crippen LogP contribution in [0.25, 0.3) is 22.0 Å². The van der Waals surface area contributed by atoms with E-state index in [1.165, 1.54) is 6.08 Å². The Bertz CT molecular complexity index is 1500. The molecule has 1 aliphatic rings. The first-order valence-corrected chi connectivity index (χ1v) is 13.3. The molecule has 40 heavy (non-hydrogen) atoms. The number of piperazine rings is 1. The maximum atomic E-state index is 11.8. The molecule has 1 fully saturated rings. The van der Waals surface area contributed by atoms with E-state index < -0.39 is 0 Å². The smallest absolute Gasteiger partial charge is 0.247 e. The molecule has 1 aromatic heterocycles. The summed E-state index contributed by atoms with van der Waals surface area (Å²) >= 11 is 0. The highest BCUT2D eigenvalue weighted by Crippen LogP contribution is 2.31. The highest BCUT2D eigenvalue weighted by Gasteiger charge is 2.19. The Morgan fingerprint density at radius 1 is 1.07 bits per heavy atom. The molecular formula is C31H34N6O3. The average Bonchev–Trinajstić information content (AvgIpc) is 3.00. The molecule has 0 spiro atoms. The molecule has 1 saturated heterocycles. The Labute approximate surface area is 234 Å². The van der Waals surface area contributed by atoms with E-state index in [-0.39, 0.29) is 12.5 Å². The van der Waals surface area contributed by atoms with Crippen LogP contribution in [0.15, 0.2) is 79.5 Å². The molecule has 0 radical (unpaired) electrons. The molecule has 1 amide bonds. The monoisotopic (exact) mass is 538 g/mol. The van der Waals surface area contributed by atoms with Crippen LogP contribution in [0.5, 0.6) is 0 Å². The number of fused-ring (bicyclic) bond motifs is 1. The van der Waals surface area contributed by atoms with Crippen molar-refractivity contribution in [3.8, 4) is 11.1 Å². The van der Waals surface area contributed by atoms with Crippen LogP contribution >= 0.6 is 0 Å². The predicted octanol–water partition coefficient (Wildman–Crippen LogP) is 4.43. The first kappa shape index (κ1) is 27.3. The summed E-state index contributed by atoms with van der Waals surface area (Å²) < 4.78 is 5.21. The third kappa shape index (κ3) is 6.28. The molecule has 0 bridgehead atoms. The van der Waals surface area contributed by atoms with Gasteiger partial charge in [-0.25, -0.2) is 9.97 Å². The van der Waals surface area contributed by atoms with E-state index in [1.54, 1.807) is 13.3 Å². The van der Waals surface area contributed by atoms with Crippen LogP contribution in [0.2, 0.25) is 0 Å². The Hall–Kier alpha value is -4.31. The quantitative estimate of drug-likeness (QED) is 0.255. The maximum Gasteiger partial charge on any atom is 0.247 e. The second kappa shape index (κ2) is 12.7. The van der Waals surface area contributed by atoms with Crippen LogP contribution < -0.4 is 15.5 Å². The van der Waals surface area contributed by atoms with Crippen molar-refractivity contribution in [2.24, 2.45) is 0 Å². The number of aromatic nitrogens is 2. The first-order chi connectivity index (χ1) is 19.6. The number of nitrogens with zero attached hydrogens (tertiary/aromatic N) is 4. The average molecular weight is 539 g/mol. The molecule has 5 rings (SSSR count). The molecule has 0 saturated carbocycles. The van der Waals surface area contributed by atoms with E-state index in [2.05, 4.69) is 32.0 Å². The van der Waals surface area contributed by atoms with E-state index in [1.807, 2.05) is 60.7 Å². The van der Waals surface area contributed by atoms with Crippen LogP contribution in [0.3, 0.4) is 0 Å². The number of anilines is 4. The van der Waals surface area contributed by atoms with Gasteiger partial charge < -0.3 is 25.4 Å². The lowest BCUT2D eigenvalue weighted by Gasteiger charge is -2.36. The maximum absolute atomic E-state index is 11.8. The minimum atomic E-state index is -0.263. The van der Waals surface area contributed by atoms with Crippen LogP contribution in [0.4, 0.5) is 23.0 Å². The number of carbonyl (C=O) groups excluding carboxylic acids is 1. The number of rotatable bonds is 10. The van der Waals surface area contributed by atoms with Gasteiger partial charge in [0.05, 0.1) is 18.7 Å². The lowest BCUT2D eigenvalue weighted by atomic mass is 10.0. The predicted molar refractivity (Wildman–Crippen MR) is 160 cm³/mol. The van der Waals surface area contributed by atoms with Crippen LogP contribution in [-0.2, 0) is 16.1 Å². The van der Waals surface area contributed by atoms with Crippen molar-refractivity contribution in [1.82, 2.24) is 14.9 Å². The molecule has 9 nitrogen and oxygen atoms in total. The number of methoxy groups -OCH3 is 1. The Morgan fingerprint density at radius 2 is 1.90 bits per heavy atom. The molecular weight excluding hydrogens is 504 g/mol. The lowest BCUT2D eigenvalue weighted by molar-refractivity contribution is -0.111. The molecule has 4 aromatic rings. The third-order valence-electron chi connectivity index (χ3n) is 7.07. The number of aliphatic hydroxyl groups excluding tert-OH is 1. The van der Waals surface area contributed by atoms with E-state index >= 15 is 0 Å². The molecule has 3 N–H and O–H groups in total. The number of benzene rings is 3. The molecule has 1 aliphatic heterocycles. The lowest BCUT2D eigenvalue weighted by Crippen LogP contribution is -2.47. The van der Waals surface area contributed by atoms with E-state index in [9.17, 15) is 9.90 Å². The number of carbonyl (C=O) groups is 1. The fourth-order valence-electron chi connectivity index (χ4n) is 4.97. The zero-order valence-corrected chi connectivity index (χ0v) is 22.6. The molecule has 0 unspecified atom stereocenters. The molecule has 9 heteroatoms. The topological polar surface area (TPSA) is 103 Å². The van der Waals surface area contributed by atoms with Crippen molar-refractivity contribution in [3.05, 3.63) is 85.1 Å². The van der Waals surface area contributed by atoms with Gasteiger partial charge in [-0.3, -0.25) is 9.69 Å². The summed E-state index contributed by atoms with van der Waals surface area (Å²) in [5, 5.41) is 17.2. The summed E-state index contributed by atoms with van der Waals surface area (Å²) in [6.45, 7) is 8.86. The first-order valence-electron chi connectivity index (χ1n) is 13.3.